The summed E-state index contributed by atoms with van der Waals surface area (Å²) in [7, 11) is 0. The largest absolute Gasteiger partial charge is 0.334 e. The lowest BCUT2D eigenvalue weighted by Crippen LogP contribution is -2.39. The van der Waals surface area contributed by atoms with E-state index < -0.39 is 6.03 Å². The highest BCUT2D eigenvalue weighted by molar-refractivity contribution is 5.94. The molecule has 0 radical (unpaired) electrons. The molecule has 0 atom stereocenters. The highest BCUT2D eigenvalue weighted by Gasteiger charge is 2.16. The molecule has 3 N–H and O–H groups in total. The molecule has 0 aliphatic carbocycles. The molecule has 0 unspecified atom stereocenters. The van der Waals surface area contributed by atoms with Gasteiger partial charge in [0.2, 0.25) is 5.91 Å². The van der Waals surface area contributed by atoms with Crippen molar-refractivity contribution in [2.45, 2.75) is 38.8 Å². The Hall–Kier alpha value is -3.75. The van der Waals surface area contributed by atoms with E-state index in [1.807, 2.05) is 18.2 Å². The van der Waals surface area contributed by atoms with Gasteiger partial charge in [0.05, 0.1) is 6.54 Å². The maximum Gasteiger partial charge on any atom is 0.315 e. The number of hydrogen-bond donors (Lipinski definition) is 3. The summed E-state index contributed by atoms with van der Waals surface area (Å²) in [6.45, 7) is 0.948. The molecule has 4 rings (SSSR count). The van der Waals surface area contributed by atoms with Gasteiger partial charge in [-0.3, -0.25) is 4.79 Å². The van der Waals surface area contributed by atoms with Gasteiger partial charge >= 0.3 is 6.03 Å². The second-order valence-corrected chi connectivity index (χ2v) is 7.69. The number of halogens is 1. The highest BCUT2D eigenvalue weighted by Crippen LogP contribution is 2.24. The van der Waals surface area contributed by atoms with Gasteiger partial charge < -0.3 is 20.5 Å². The first kappa shape index (κ1) is 21.5. The van der Waals surface area contributed by atoms with Crippen LogP contribution >= 0.6 is 0 Å². The molecule has 0 bridgehead atoms. The third-order valence-corrected chi connectivity index (χ3v) is 5.29. The van der Waals surface area contributed by atoms with Crippen LogP contribution in [0.5, 0.6) is 0 Å². The fourth-order valence-electron chi connectivity index (χ4n) is 3.65. The summed E-state index contributed by atoms with van der Waals surface area (Å²) < 4.78 is 15.1. The van der Waals surface area contributed by atoms with Crippen LogP contribution in [0, 0.1) is 5.82 Å². The molecule has 32 heavy (non-hydrogen) atoms. The Morgan fingerprint density at radius 1 is 1.00 bits per heavy atom. The fourth-order valence-corrected chi connectivity index (χ4v) is 3.65. The standard InChI is InChI=1S/C23H25FN6O2/c24-18-10-8-16(9-11-18)14-25-23(32)26-15-21(31)27-19-6-4-5-17(13-19)22-29-28-20-7-2-1-3-12-30(20)22/h4-6,8-11,13H,1-3,7,12,14-15H2,(H,27,31)(H2,25,26,32). The van der Waals surface area contributed by atoms with Crippen LogP contribution in [0.3, 0.4) is 0 Å². The summed E-state index contributed by atoms with van der Waals surface area (Å²) in [5.74, 6) is 1.12. The molecule has 1 aliphatic heterocycles. The molecule has 2 aromatic carbocycles. The van der Waals surface area contributed by atoms with Gasteiger partial charge in [-0.25, -0.2) is 9.18 Å². The van der Waals surface area contributed by atoms with Crippen molar-refractivity contribution in [3.8, 4) is 11.4 Å². The lowest BCUT2D eigenvalue weighted by molar-refractivity contribution is -0.115. The topological polar surface area (TPSA) is 101 Å². The number of nitrogens with one attached hydrogen (secondary N) is 3. The first-order chi connectivity index (χ1) is 15.6. The van der Waals surface area contributed by atoms with Gasteiger partial charge in [0.15, 0.2) is 5.82 Å². The van der Waals surface area contributed by atoms with Crippen LogP contribution in [-0.2, 0) is 24.3 Å². The van der Waals surface area contributed by atoms with Crippen molar-refractivity contribution >= 4 is 17.6 Å². The van der Waals surface area contributed by atoms with Crippen molar-refractivity contribution in [3.63, 3.8) is 0 Å². The minimum atomic E-state index is -0.482. The zero-order chi connectivity index (χ0) is 22.3. The Kier molecular flexibility index (Phi) is 6.74. The molecule has 1 aromatic heterocycles. The van der Waals surface area contributed by atoms with E-state index in [9.17, 15) is 14.0 Å². The van der Waals surface area contributed by atoms with E-state index in [2.05, 4.69) is 30.7 Å². The molecule has 166 valence electrons. The molecule has 2 heterocycles. The van der Waals surface area contributed by atoms with Crippen LogP contribution < -0.4 is 16.0 Å². The molecule has 0 saturated heterocycles. The second-order valence-electron chi connectivity index (χ2n) is 7.69. The van der Waals surface area contributed by atoms with Crippen LogP contribution in [-0.4, -0.2) is 33.2 Å². The number of aromatic nitrogens is 3. The first-order valence-corrected chi connectivity index (χ1v) is 10.7. The second kappa shape index (κ2) is 10.0. The van der Waals surface area contributed by atoms with E-state index in [1.165, 1.54) is 18.6 Å². The summed E-state index contributed by atoms with van der Waals surface area (Å²) in [5, 5.41) is 16.6. The summed E-state index contributed by atoms with van der Waals surface area (Å²) in [4.78, 5) is 24.2. The molecule has 8 nitrogen and oxygen atoms in total. The monoisotopic (exact) mass is 436 g/mol. The predicted molar refractivity (Wildman–Crippen MR) is 118 cm³/mol. The zero-order valence-corrected chi connectivity index (χ0v) is 17.6. The smallest absolute Gasteiger partial charge is 0.315 e. The van der Waals surface area contributed by atoms with E-state index in [4.69, 9.17) is 0 Å². The zero-order valence-electron chi connectivity index (χ0n) is 17.6. The Balaban J connectivity index is 1.30. The van der Waals surface area contributed by atoms with Gasteiger partial charge in [0, 0.05) is 30.8 Å². The Bertz CT molecular complexity index is 1100. The van der Waals surface area contributed by atoms with Gasteiger partial charge in [-0.05, 0) is 42.7 Å². The number of rotatable bonds is 6. The predicted octanol–water partition coefficient (Wildman–Crippen LogP) is 3.25. The maximum absolute atomic E-state index is 12.9. The van der Waals surface area contributed by atoms with E-state index in [0.717, 1.165) is 48.6 Å². The van der Waals surface area contributed by atoms with Crippen molar-refractivity contribution in [2.75, 3.05) is 11.9 Å². The third-order valence-electron chi connectivity index (χ3n) is 5.29. The molecular formula is C23H25FN6O2. The molecule has 1 aliphatic rings. The summed E-state index contributed by atoms with van der Waals surface area (Å²) in [5.41, 5.74) is 2.26. The lowest BCUT2D eigenvalue weighted by Gasteiger charge is -2.10. The van der Waals surface area contributed by atoms with Crippen molar-refractivity contribution in [2.24, 2.45) is 0 Å². The fraction of sp³-hybridized carbons (Fsp3) is 0.304. The normalized spacial score (nSPS) is 13.0. The molecule has 3 aromatic rings. The van der Waals surface area contributed by atoms with E-state index in [-0.39, 0.29) is 24.8 Å². The third kappa shape index (κ3) is 5.48. The van der Waals surface area contributed by atoms with Crippen LogP contribution in [0.15, 0.2) is 48.5 Å². The molecule has 0 spiro atoms. The number of benzene rings is 2. The average Bonchev–Trinajstić information content (AvgIpc) is 3.05. The molecule has 0 saturated carbocycles. The number of hydrogen-bond acceptors (Lipinski definition) is 4. The van der Waals surface area contributed by atoms with Crippen molar-refractivity contribution in [3.05, 3.63) is 65.7 Å². The molecule has 3 amide bonds. The number of urea groups is 1. The molecule has 0 fully saturated rings. The first-order valence-electron chi connectivity index (χ1n) is 10.7. The Labute approximate surface area is 185 Å². The van der Waals surface area contributed by atoms with E-state index in [1.54, 1.807) is 18.2 Å². The number of amides is 3. The van der Waals surface area contributed by atoms with Crippen LogP contribution in [0.2, 0.25) is 0 Å². The van der Waals surface area contributed by atoms with Gasteiger partial charge in [0.1, 0.15) is 11.6 Å². The number of aryl methyl sites for hydroxylation is 1. The van der Waals surface area contributed by atoms with Gasteiger partial charge in [-0.15, -0.1) is 10.2 Å². The number of nitrogens with zero attached hydrogens (tertiary/aromatic N) is 3. The van der Waals surface area contributed by atoms with Crippen molar-refractivity contribution < 1.29 is 14.0 Å². The highest BCUT2D eigenvalue weighted by atomic mass is 19.1. The summed E-state index contributed by atoms with van der Waals surface area (Å²) in [6, 6.07) is 12.8. The Morgan fingerprint density at radius 2 is 1.84 bits per heavy atom. The van der Waals surface area contributed by atoms with Crippen LogP contribution in [0.1, 0.15) is 30.7 Å². The number of fused-ring (bicyclic) bond motifs is 1. The minimum Gasteiger partial charge on any atom is -0.334 e. The maximum atomic E-state index is 12.9. The SMILES string of the molecule is O=C(CNC(=O)NCc1ccc(F)cc1)Nc1cccc(-c2nnc3n2CCCCC3)c1. The molecular weight excluding hydrogens is 411 g/mol. The summed E-state index contributed by atoms with van der Waals surface area (Å²) in [6.07, 6.45) is 4.34. The van der Waals surface area contributed by atoms with Gasteiger partial charge in [0.25, 0.3) is 0 Å². The van der Waals surface area contributed by atoms with Crippen molar-refractivity contribution in [1.29, 1.82) is 0 Å². The number of carbonyl (C=O) groups is 2. The lowest BCUT2D eigenvalue weighted by atomic mass is 10.2. The van der Waals surface area contributed by atoms with Crippen molar-refractivity contribution in [1.82, 2.24) is 25.4 Å². The quantitative estimate of drug-likeness (QED) is 0.552. The van der Waals surface area contributed by atoms with Gasteiger partial charge in [-0.1, -0.05) is 30.7 Å². The average molecular weight is 436 g/mol. The van der Waals surface area contributed by atoms with E-state index >= 15 is 0 Å². The Morgan fingerprint density at radius 3 is 2.69 bits per heavy atom. The van der Waals surface area contributed by atoms with Gasteiger partial charge in [-0.2, -0.15) is 0 Å². The van der Waals surface area contributed by atoms with E-state index in [0.29, 0.717) is 5.69 Å². The van der Waals surface area contributed by atoms with Crippen LogP contribution in [0.25, 0.3) is 11.4 Å². The summed E-state index contributed by atoms with van der Waals surface area (Å²) >= 11 is 0. The molecule has 9 heteroatoms. The minimum absolute atomic E-state index is 0.181. The number of carbonyl (C=O) groups excluding carboxylic acids is 2. The van der Waals surface area contributed by atoms with Crippen LogP contribution in [0.4, 0.5) is 14.9 Å². The number of anilines is 1.